The van der Waals surface area contributed by atoms with Crippen molar-refractivity contribution in [3.05, 3.63) is 95.1 Å². The lowest BCUT2D eigenvalue weighted by Gasteiger charge is -2.13. The van der Waals surface area contributed by atoms with E-state index < -0.39 is 23.7 Å². The highest BCUT2D eigenvalue weighted by atomic mass is 19.4. The van der Waals surface area contributed by atoms with Crippen molar-refractivity contribution in [3.63, 3.8) is 0 Å². The number of allylic oxidation sites excluding steroid dienone is 5. The molecule has 0 atom stereocenters. The van der Waals surface area contributed by atoms with Crippen LogP contribution in [0.1, 0.15) is 42.9 Å². The highest BCUT2D eigenvalue weighted by Gasteiger charge is 2.32. The molecule has 0 N–H and O–H groups in total. The van der Waals surface area contributed by atoms with E-state index in [0.29, 0.717) is 11.6 Å². The second-order valence-corrected chi connectivity index (χ2v) is 7.76. The maximum Gasteiger partial charge on any atom is 0.416 e. The van der Waals surface area contributed by atoms with Crippen LogP contribution < -0.4 is 0 Å². The molecule has 4 rings (SSSR count). The molecule has 0 aliphatic heterocycles. The van der Waals surface area contributed by atoms with Crippen molar-refractivity contribution < 1.29 is 22.0 Å². The van der Waals surface area contributed by atoms with E-state index in [0.717, 1.165) is 47.1 Å². The first-order valence-electron chi connectivity index (χ1n) is 10.2. The van der Waals surface area contributed by atoms with Crippen LogP contribution in [0.3, 0.4) is 0 Å². The van der Waals surface area contributed by atoms with Crippen LogP contribution in [0.4, 0.5) is 22.0 Å². The zero-order chi connectivity index (χ0) is 23.0. The van der Waals surface area contributed by atoms with Gasteiger partial charge in [-0.3, -0.25) is 0 Å². The monoisotopic (exact) mass is 441 g/mol. The van der Waals surface area contributed by atoms with E-state index in [9.17, 15) is 22.0 Å². The first kappa shape index (κ1) is 21.9. The summed E-state index contributed by atoms with van der Waals surface area (Å²) in [6, 6.07) is 11.4. The Hall–Kier alpha value is -3.28. The van der Waals surface area contributed by atoms with E-state index in [1.54, 1.807) is 18.2 Å². The summed E-state index contributed by atoms with van der Waals surface area (Å²) in [5.41, 5.74) is 3.48. The first-order chi connectivity index (χ1) is 15.2. The summed E-state index contributed by atoms with van der Waals surface area (Å²) in [5, 5.41) is 0.816. The van der Waals surface area contributed by atoms with E-state index in [1.807, 2.05) is 12.1 Å². The molecule has 0 amide bonds. The summed E-state index contributed by atoms with van der Waals surface area (Å²) in [4.78, 5) is 4.43. The Labute approximate surface area is 182 Å². The maximum atomic E-state index is 13.2. The van der Waals surface area contributed by atoms with Crippen molar-refractivity contribution in [2.75, 3.05) is 0 Å². The quantitative estimate of drug-likeness (QED) is 0.362. The van der Waals surface area contributed by atoms with Gasteiger partial charge in [-0.2, -0.15) is 13.2 Å². The lowest BCUT2D eigenvalue weighted by molar-refractivity contribution is -0.137. The van der Waals surface area contributed by atoms with Gasteiger partial charge in [-0.25, -0.2) is 13.8 Å². The molecule has 0 spiro atoms. The van der Waals surface area contributed by atoms with Crippen molar-refractivity contribution in [3.8, 4) is 11.3 Å². The standard InChI is InChI=1S/C26H20F5N/c1-3-15(2)16-4-5-17(10-16)18-6-8-23-19(11-18)7-9-24(32-23)20-12-21(25(27)28)14-22(13-20)26(29,30)31/h4-9,11-14,25H,2-3,10H2,1H3. The second-order valence-electron chi connectivity index (χ2n) is 7.76. The highest BCUT2D eigenvalue weighted by molar-refractivity contribution is 5.87. The molecule has 6 heteroatoms. The Morgan fingerprint density at radius 2 is 1.78 bits per heavy atom. The molecular weight excluding hydrogens is 421 g/mol. The minimum absolute atomic E-state index is 0.00604. The minimum Gasteiger partial charge on any atom is -0.248 e. The molecule has 1 aliphatic carbocycles. The number of pyridine rings is 1. The van der Waals surface area contributed by atoms with E-state index in [2.05, 4.69) is 30.6 Å². The molecule has 1 heterocycles. The van der Waals surface area contributed by atoms with Crippen molar-refractivity contribution in [1.82, 2.24) is 4.98 Å². The average molecular weight is 441 g/mol. The molecular formula is C26H20F5N. The fraction of sp³-hybridized carbons (Fsp3) is 0.192. The lowest BCUT2D eigenvalue weighted by atomic mass is 9.97. The molecule has 1 nitrogen and oxygen atoms in total. The zero-order valence-electron chi connectivity index (χ0n) is 17.3. The highest BCUT2D eigenvalue weighted by Crippen LogP contribution is 2.37. The predicted molar refractivity (Wildman–Crippen MR) is 117 cm³/mol. The maximum absolute atomic E-state index is 13.2. The van der Waals surface area contributed by atoms with Crippen LogP contribution in [0.5, 0.6) is 0 Å². The number of nitrogens with zero attached hydrogens (tertiary/aromatic N) is 1. The Morgan fingerprint density at radius 1 is 1.00 bits per heavy atom. The molecule has 164 valence electrons. The van der Waals surface area contributed by atoms with Gasteiger partial charge < -0.3 is 0 Å². The average Bonchev–Trinajstić information content (AvgIpc) is 3.27. The number of hydrogen-bond donors (Lipinski definition) is 0. The molecule has 0 radical (unpaired) electrons. The number of rotatable bonds is 5. The van der Waals surface area contributed by atoms with Gasteiger partial charge in [0.15, 0.2) is 0 Å². The fourth-order valence-electron chi connectivity index (χ4n) is 3.77. The molecule has 1 aliphatic rings. The Kier molecular flexibility index (Phi) is 5.71. The van der Waals surface area contributed by atoms with Gasteiger partial charge in [0, 0.05) is 16.5 Å². The van der Waals surface area contributed by atoms with Gasteiger partial charge in [0.05, 0.1) is 16.8 Å². The van der Waals surface area contributed by atoms with Crippen molar-refractivity contribution in [2.45, 2.75) is 32.4 Å². The first-order valence-corrected chi connectivity index (χ1v) is 10.2. The van der Waals surface area contributed by atoms with Gasteiger partial charge in [0.25, 0.3) is 6.43 Å². The predicted octanol–water partition coefficient (Wildman–Crippen LogP) is 8.54. The third-order valence-electron chi connectivity index (χ3n) is 5.64. The molecule has 3 aromatic rings. The number of alkyl halides is 5. The van der Waals surface area contributed by atoms with Crippen molar-refractivity contribution >= 4 is 16.5 Å². The van der Waals surface area contributed by atoms with Crippen LogP contribution in [-0.4, -0.2) is 4.98 Å². The number of hydrogen-bond acceptors (Lipinski definition) is 1. The molecule has 0 unspecified atom stereocenters. The molecule has 32 heavy (non-hydrogen) atoms. The normalized spacial score (nSPS) is 14.1. The number of benzene rings is 2. The third kappa shape index (κ3) is 4.35. The summed E-state index contributed by atoms with van der Waals surface area (Å²) in [5.74, 6) is 0. The molecule has 0 fully saturated rings. The zero-order valence-corrected chi connectivity index (χ0v) is 17.3. The number of halogens is 5. The number of aromatic nitrogens is 1. The van der Waals surface area contributed by atoms with Crippen LogP contribution in [0.15, 0.2) is 78.4 Å². The topological polar surface area (TPSA) is 12.9 Å². The second kappa shape index (κ2) is 8.34. The van der Waals surface area contributed by atoms with Gasteiger partial charge in [-0.15, -0.1) is 0 Å². The minimum atomic E-state index is -4.73. The number of fused-ring (bicyclic) bond motifs is 1. The molecule has 1 aromatic heterocycles. The molecule has 0 saturated heterocycles. The van der Waals surface area contributed by atoms with E-state index in [1.165, 1.54) is 5.57 Å². The van der Waals surface area contributed by atoms with E-state index in [4.69, 9.17) is 0 Å². The van der Waals surface area contributed by atoms with Gasteiger partial charge >= 0.3 is 6.18 Å². The summed E-state index contributed by atoms with van der Waals surface area (Å²) in [6.45, 7) is 6.15. The van der Waals surface area contributed by atoms with Crippen molar-refractivity contribution in [1.29, 1.82) is 0 Å². The molecule has 0 bridgehead atoms. The SMILES string of the molecule is C=C(CC)C1=CC=C(c2ccc3nc(-c4cc(C(F)F)cc(C(F)(F)F)c4)ccc3c2)C1. The van der Waals surface area contributed by atoms with Gasteiger partial charge in [0.1, 0.15) is 0 Å². The van der Waals surface area contributed by atoms with Crippen LogP contribution in [-0.2, 0) is 6.18 Å². The van der Waals surface area contributed by atoms with Crippen LogP contribution in [0.25, 0.3) is 27.7 Å². The lowest BCUT2D eigenvalue weighted by Crippen LogP contribution is -2.06. The summed E-state index contributed by atoms with van der Waals surface area (Å²) in [6.07, 6.45) is -1.92. The Balaban J connectivity index is 1.68. The van der Waals surface area contributed by atoms with Gasteiger partial charge in [-0.1, -0.05) is 43.4 Å². The van der Waals surface area contributed by atoms with Crippen LogP contribution in [0, 0.1) is 0 Å². The van der Waals surface area contributed by atoms with E-state index >= 15 is 0 Å². The summed E-state index contributed by atoms with van der Waals surface area (Å²) in [7, 11) is 0. The van der Waals surface area contributed by atoms with Gasteiger partial charge in [-0.05, 0) is 65.9 Å². The van der Waals surface area contributed by atoms with Crippen LogP contribution >= 0.6 is 0 Å². The molecule has 0 saturated carbocycles. The Morgan fingerprint density at radius 3 is 2.47 bits per heavy atom. The van der Waals surface area contributed by atoms with Crippen LogP contribution in [0.2, 0.25) is 0 Å². The smallest absolute Gasteiger partial charge is 0.248 e. The largest absolute Gasteiger partial charge is 0.416 e. The molecule has 2 aromatic carbocycles. The Bertz CT molecular complexity index is 1260. The van der Waals surface area contributed by atoms with E-state index in [-0.39, 0.29) is 11.3 Å². The van der Waals surface area contributed by atoms with Gasteiger partial charge in [0.2, 0.25) is 0 Å². The fourth-order valence-corrected chi connectivity index (χ4v) is 3.77. The summed E-state index contributed by atoms with van der Waals surface area (Å²) < 4.78 is 65.9. The summed E-state index contributed by atoms with van der Waals surface area (Å²) >= 11 is 0. The third-order valence-corrected chi connectivity index (χ3v) is 5.64. The van der Waals surface area contributed by atoms with Crippen molar-refractivity contribution in [2.24, 2.45) is 0 Å².